The van der Waals surface area contributed by atoms with Gasteiger partial charge in [0.15, 0.2) is 0 Å². The van der Waals surface area contributed by atoms with Crippen molar-refractivity contribution in [1.29, 1.82) is 5.41 Å². The largest absolute Gasteiger partial charge is 0.384 e. The molecule has 108 valence electrons. The number of halogens is 1. The van der Waals surface area contributed by atoms with Crippen molar-refractivity contribution in [3.05, 3.63) is 28.8 Å². The number of nitrogens with two attached hydrogens (primary N) is 1. The fourth-order valence-corrected chi connectivity index (χ4v) is 3.59. The lowest BCUT2D eigenvalue weighted by Crippen LogP contribution is -2.53. The molecular formula is C15H20ClN3O. The second kappa shape index (κ2) is 5.62. The molecule has 1 aliphatic heterocycles. The molecule has 2 atom stereocenters. The Kier molecular flexibility index (Phi) is 3.85. The molecule has 4 nitrogen and oxygen atoms in total. The third kappa shape index (κ3) is 2.50. The van der Waals surface area contributed by atoms with Crippen LogP contribution in [0.1, 0.15) is 31.2 Å². The molecule has 20 heavy (non-hydrogen) atoms. The van der Waals surface area contributed by atoms with E-state index < -0.39 is 0 Å². The molecule has 1 aromatic carbocycles. The fraction of sp³-hybridized carbons (Fsp3) is 0.533. The Balaban J connectivity index is 1.89. The third-order valence-electron chi connectivity index (χ3n) is 4.30. The van der Waals surface area contributed by atoms with Crippen molar-refractivity contribution in [1.82, 2.24) is 0 Å². The number of rotatable bonds is 2. The molecule has 0 amide bonds. The molecule has 0 bridgehead atoms. The third-order valence-corrected chi connectivity index (χ3v) is 4.60. The fourth-order valence-electron chi connectivity index (χ4n) is 3.30. The van der Waals surface area contributed by atoms with E-state index in [1.165, 1.54) is 12.8 Å². The summed E-state index contributed by atoms with van der Waals surface area (Å²) in [5.41, 5.74) is 7.22. The van der Waals surface area contributed by atoms with Gasteiger partial charge in [-0.1, -0.05) is 24.4 Å². The van der Waals surface area contributed by atoms with Crippen molar-refractivity contribution in [3.8, 4) is 0 Å². The maximum atomic E-state index is 7.48. The van der Waals surface area contributed by atoms with E-state index in [1.807, 2.05) is 12.1 Å². The number of morpholine rings is 1. The highest BCUT2D eigenvalue weighted by molar-refractivity contribution is 6.33. The lowest BCUT2D eigenvalue weighted by Gasteiger charge is -2.45. The van der Waals surface area contributed by atoms with Gasteiger partial charge in [-0.15, -0.1) is 0 Å². The summed E-state index contributed by atoms with van der Waals surface area (Å²) in [7, 11) is 0. The van der Waals surface area contributed by atoms with Crippen LogP contribution in [0.25, 0.3) is 0 Å². The number of hydrogen-bond acceptors (Lipinski definition) is 3. The van der Waals surface area contributed by atoms with Gasteiger partial charge in [0.1, 0.15) is 5.84 Å². The number of anilines is 1. The molecule has 3 rings (SSSR count). The molecule has 2 fully saturated rings. The number of nitrogens with one attached hydrogen (secondary N) is 1. The number of nitrogens with zero attached hydrogens (tertiary/aromatic N) is 1. The first-order valence-electron chi connectivity index (χ1n) is 7.19. The molecule has 1 saturated heterocycles. The van der Waals surface area contributed by atoms with E-state index in [0.29, 0.717) is 22.7 Å². The Morgan fingerprint density at radius 2 is 2.15 bits per heavy atom. The molecule has 1 saturated carbocycles. The van der Waals surface area contributed by atoms with Crippen LogP contribution in [-0.2, 0) is 4.74 Å². The Hall–Kier alpha value is -1.26. The first-order valence-corrected chi connectivity index (χ1v) is 7.57. The first-order chi connectivity index (χ1) is 9.66. The van der Waals surface area contributed by atoms with E-state index in [1.54, 1.807) is 6.07 Å². The molecule has 1 heterocycles. The molecule has 1 aromatic rings. The predicted octanol–water partition coefficient (Wildman–Crippen LogP) is 2.77. The van der Waals surface area contributed by atoms with E-state index in [0.717, 1.165) is 31.7 Å². The standard InChI is InChI=1S/C15H20ClN3O/c16-11-9-10(15(17)18)5-6-12(11)19-7-8-20-14-4-2-1-3-13(14)19/h5-6,9,13-14H,1-4,7-8H2,(H3,17,18). The summed E-state index contributed by atoms with van der Waals surface area (Å²) in [5.74, 6) is 0.0518. The van der Waals surface area contributed by atoms with Gasteiger partial charge in [-0.05, 0) is 31.0 Å². The van der Waals surface area contributed by atoms with E-state index in [-0.39, 0.29) is 5.84 Å². The SMILES string of the molecule is N=C(N)c1ccc(N2CCOC3CCCCC32)c(Cl)c1. The Morgan fingerprint density at radius 3 is 2.90 bits per heavy atom. The molecule has 0 spiro atoms. The maximum absolute atomic E-state index is 7.48. The van der Waals surface area contributed by atoms with Gasteiger partial charge in [-0.2, -0.15) is 0 Å². The lowest BCUT2D eigenvalue weighted by atomic mass is 9.89. The molecule has 2 unspecified atom stereocenters. The molecule has 0 aromatic heterocycles. The van der Waals surface area contributed by atoms with Gasteiger partial charge in [-0.25, -0.2) is 0 Å². The van der Waals surface area contributed by atoms with Gasteiger partial charge >= 0.3 is 0 Å². The molecule has 2 aliphatic rings. The monoisotopic (exact) mass is 293 g/mol. The Morgan fingerprint density at radius 1 is 1.35 bits per heavy atom. The minimum absolute atomic E-state index is 0.0518. The molecular weight excluding hydrogens is 274 g/mol. The maximum Gasteiger partial charge on any atom is 0.122 e. The average molecular weight is 294 g/mol. The van der Waals surface area contributed by atoms with E-state index in [2.05, 4.69) is 4.90 Å². The summed E-state index contributed by atoms with van der Waals surface area (Å²) in [6.45, 7) is 1.63. The van der Waals surface area contributed by atoms with Gasteiger partial charge in [-0.3, -0.25) is 5.41 Å². The summed E-state index contributed by atoms with van der Waals surface area (Å²) in [5, 5.41) is 8.15. The average Bonchev–Trinajstić information content (AvgIpc) is 2.46. The number of amidine groups is 1. The van der Waals surface area contributed by atoms with Crippen molar-refractivity contribution >= 4 is 23.1 Å². The molecule has 1 aliphatic carbocycles. The highest BCUT2D eigenvalue weighted by Crippen LogP contribution is 2.35. The lowest BCUT2D eigenvalue weighted by molar-refractivity contribution is -0.00866. The van der Waals surface area contributed by atoms with Crippen molar-refractivity contribution < 1.29 is 4.74 Å². The topological polar surface area (TPSA) is 62.3 Å². The quantitative estimate of drug-likeness (QED) is 0.651. The van der Waals surface area contributed by atoms with Crippen LogP contribution in [0.2, 0.25) is 5.02 Å². The van der Waals surface area contributed by atoms with Gasteiger partial charge < -0.3 is 15.4 Å². The predicted molar refractivity (Wildman–Crippen MR) is 81.8 cm³/mol. The minimum Gasteiger partial charge on any atom is -0.384 e. The van der Waals surface area contributed by atoms with Crippen LogP contribution >= 0.6 is 11.6 Å². The number of fused-ring (bicyclic) bond motifs is 1. The van der Waals surface area contributed by atoms with Crippen LogP contribution in [0.15, 0.2) is 18.2 Å². The normalized spacial score (nSPS) is 26.1. The highest BCUT2D eigenvalue weighted by Gasteiger charge is 2.34. The smallest absolute Gasteiger partial charge is 0.122 e. The Labute approximate surface area is 124 Å². The first kappa shape index (κ1) is 13.7. The molecule has 5 heteroatoms. The second-order valence-corrected chi connectivity index (χ2v) is 5.94. The van der Waals surface area contributed by atoms with Crippen molar-refractivity contribution in [3.63, 3.8) is 0 Å². The highest BCUT2D eigenvalue weighted by atomic mass is 35.5. The van der Waals surface area contributed by atoms with Crippen LogP contribution in [-0.4, -0.2) is 31.1 Å². The summed E-state index contributed by atoms with van der Waals surface area (Å²) in [4.78, 5) is 2.37. The zero-order chi connectivity index (χ0) is 14.1. The van der Waals surface area contributed by atoms with Crippen LogP contribution in [0.4, 0.5) is 5.69 Å². The van der Waals surface area contributed by atoms with Crippen LogP contribution in [0.3, 0.4) is 0 Å². The second-order valence-electron chi connectivity index (χ2n) is 5.53. The van der Waals surface area contributed by atoms with Gasteiger partial charge in [0, 0.05) is 12.1 Å². The molecule has 0 radical (unpaired) electrons. The van der Waals surface area contributed by atoms with Crippen molar-refractivity contribution in [2.75, 3.05) is 18.1 Å². The van der Waals surface area contributed by atoms with E-state index in [4.69, 9.17) is 27.5 Å². The number of nitrogen functional groups attached to an aromatic ring is 1. The number of hydrogen-bond donors (Lipinski definition) is 2. The number of benzene rings is 1. The summed E-state index contributed by atoms with van der Waals surface area (Å²) >= 11 is 6.40. The Bertz CT molecular complexity index is 518. The van der Waals surface area contributed by atoms with Gasteiger partial charge in [0.25, 0.3) is 0 Å². The van der Waals surface area contributed by atoms with Crippen LogP contribution in [0, 0.1) is 5.41 Å². The van der Waals surface area contributed by atoms with Crippen molar-refractivity contribution in [2.45, 2.75) is 37.8 Å². The van der Waals surface area contributed by atoms with E-state index in [9.17, 15) is 0 Å². The zero-order valence-electron chi connectivity index (χ0n) is 11.4. The summed E-state index contributed by atoms with van der Waals surface area (Å²) < 4.78 is 5.90. The molecule has 3 N–H and O–H groups in total. The van der Waals surface area contributed by atoms with Crippen LogP contribution < -0.4 is 10.6 Å². The zero-order valence-corrected chi connectivity index (χ0v) is 12.2. The van der Waals surface area contributed by atoms with E-state index >= 15 is 0 Å². The summed E-state index contributed by atoms with van der Waals surface area (Å²) in [6, 6.07) is 6.07. The van der Waals surface area contributed by atoms with Crippen molar-refractivity contribution in [2.24, 2.45) is 5.73 Å². The van der Waals surface area contributed by atoms with Gasteiger partial charge in [0.2, 0.25) is 0 Å². The van der Waals surface area contributed by atoms with Crippen LogP contribution in [0.5, 0.6) is 0 Å². The van der Waals surface area contributed by atoms with Gasteiger partial charge in [0.05, 0.1) is 29.5 Å². The minimum atomic E-state index is 0.0518. The number of ether oxygens (including phenoxy) is 1. The summed E-state index contributed by atoms with van der Waals surface area (Å²) in [6.07, 6.45) is 5.15.